The standard InChI is InChI=1S/C10H9FN4O2S/c1-15-10(12-13-14-15)18-5-6-2-3-7(11)4-8(6)9(16)17/h2-4H,5H2,1H3,(H,16,17). The lowest BCUT2D eigenvalue weighted by Crippen LogP contribution is -2.03. The van der Waals surface area contributed by atoms with Crippen LogP contribution in [0.5, 0.6) is 0 Å². The number of hydrogen-bond acceptors (Lipinski definition) is 5. The van der Waals surface area contributed by atoms with Gasteiger partial charge < -0.3 is 5.11 Å². The van der Waals surface area contributed by atoms with E-state index in [4.69, 9.17) is 5.11 Å². The normalized spacial score (nSPS) is 10.6. The van der Waals surface area contributed by atoms with E-state index in [0.29, 0.717) is 16.5 Å². The van der Waals surface area contributed by atoms with Gasteiger partial charge in [-0.1, -0.05) is 17.8 Å². The topological polar surface area (TPSA) is 80.9 Å². The molecule has 0 bridgehead atoms. The fraction of sp³-hybridized carbons (Fsp3) is 0.200. The summed E-state index contributed by atoms with van der Waals surface area (Å²) < 4.78 is 14.5. The Kier molecular flexibility index (Phi) is 3.56. The van der Waals surface area contributed by atoms with Gasteiger partial charge in [-0.2, -0.15) is 0 Å². The molecular formula is C10H9FN4O2S. The Morgan fingerprint density at radius 3 is 2.94 bits per heavy atom. The lowest BCUT2D eigenvalue weighted by molar-refractivity contribution is 0.0695. The van der Waals surface area contributed by atoms with E-state index in [1.165, 1.54) is 28.6 Å². The van der Waals surface area contributed by atoms with Crippen molar-refractivity contribution in [2.75, 3.05) is 0 Å². The van der Waals surface area contributed by atoms with Crippen molar-refractivity contribution < 1.29 is 14.3 Å². The summed E-state index contributed by atoms with van der Waals surface area (Å²) in [7, 11) is 1.69. The fourth-order valence-corrected chi connectivity index (χ4v) is 2.21. The van der Waals surface area contributed by atoms with Crippen LogP contribution in [0.1, 0.15) is 15.9 Å². The number of tetrazole rings is 1. The van der Waals surface area contributed by atoms with E-state index in [0.717, 1.165) is 6.07 Å². The molecule has 0 atom stereocenters. The first kappa shape index (κ1) is 12.5. The van der Waals surface area contributed by atoms with E-state index in [1.54, 1.807) is 7.05 Å². The van der Waals surface area contributed by atoms with Gasteiger partial charge in [-0.3, -0.25) is 0 Å². The van der Waals surface area contributed by atoms with Gasteiger partial charge in [0.05, 0.1) is 5.56 Å². The van der Waals surface area contributed by atoms with Gasteiger partial charge in [-0.05, 0) is 28.1 Å². The van der Waals surface area contributed by atoms with E-state index in [9.17, 15) is 9.18 Å². The van der Waals surface area contributed by atoms with Crippen LogP contribution in [0, 0.1) is 5.82 Å². The first-order chi connectivity index (χ1) is 8.58. The monoisotopic (exact) mass is 268 g/mol. The van der Waals surface area contributed by atoms with Crippen LogP contribution in [-0.2, 0) is 12.8 Å². The fourth-order valence-electron chi connectivity index (χ4n) is 1.36. The molecule has 8 heteroatoms. The number of aromatic carboxylic acids is 1. The van der Waals surface area contributed by atoms with Crippen LogP contribution >= 0.6 is 11.8 Å². The second kappa shape index (κ2) is 5.13. The molecule has 0 fully saturated rings. The predicted molar refractivity (Wildman–Crippen MR) is 61.7 cm³/mol. The van der Waals surface area contributed by atoms with E-state index in [2.05, 4.69) is 15.5 Å². The first-order valence-electron chi connectivity index (χ1n) is 4.95. The Bertz CT molecular complexity index is 587. The molecule has 2 rings (SSSR count). The molecule has 1 heterocycles. The third-order valence-electron chi connectivity index (χ3n) is 2.24. The summed E-state index contributed by atoms with van der Waals surface area (Å²) in [6, 6.07) is 3.69. The molecule has 94 valence electrons. The lowest BCUT2D eigenvalue weighted by Gasteiger charge is -2.05. The minimum Gasteiger partial charge on any atom is -0.478 e. The minimum atomic E-state index is -1.15. The summed E-state index contributed by atoms with van der Waals surface area (Å²) in [5.74, 6) is -1.36. The number of thioether (sulfide) groups is 1. The second-order valence-electron chi connectivity index (χ2n) is 3.48. The number of rotatable bonds is 4. The maximum absolute atomic E-state index is 13.0. The van der Waals surface area contributed by atoms with Crippen LogP contribution in [0.3, 0.4) is 0 Å². The van der Waals surface area contributed by atoms with Gasteiger partial charge in [0.25, 0.3) is 0 Å². The number of halogens is 1. The summed E-state index contributed by atoms with van der Waals surface area (Å²) in [6.45, 7) is 0. The van der Waals surface area contributed by atoms with Crippen molar-refractivity contribution in [1.29, 1.82) is 0 Å². The number of carboxylic acid groups (broad SMARTS) is 1. The molecule has 18 heavy (non-hydrogen) atoms. The van der Waals surface area contributed by atoms with Crippen molar-refractivity contribution in [2.24, 2.45) is 7.05 Å². The third kappa shape index (κ3) is 2.65. The number of aromatic nitrogens is 4. The smallest absolute Gasteiger partial charge is 0.336 e. The molecule has 2 aromatic rings. The van der Waals surface area contributed by atoms with Crippen LogP contribution < -0.4 is 0 Å². The largest absolute Gasteiger partial charge is 0.478 e. The molecule has 0 aliphatic carbocycles. The predicted octanol–water partition coefficient (Wildman–Crippen LogP) is 1.34. The molecule has 1 aromatic carbocycles. The van der Waals surface area contributed by atoms with Crippen molar-refractivity contribution in [3.8, 4) is 0 Å². The molecule has 1 aromatic heterocycles. The van der Waals surface area contributed by atoms with Crippen molar-refractivity contribution >= 4 is 17.7 Å². The summed E-state index contributed by atoms with van der Waals surface area (Å²) in [6.07, 6.45) is 0. The Hall–Kier alpha value is -1.96. The van der Waals surface area contributed by atoms with Crippen LogP contribution in [0.4, 0.5) is 4.39 Å². The Labute approximate surface area is 106 Å². The highest BCUT2D eigenvalue weighted by Gasteiger charge is 2.12. The number of aryl methyl sites for hydroxylation is 1. The van der Waals surface area contributed by atoms with Gasteiger partial charge in [-0.25, -0.2) is 13.9 Å². The van der Waals surface area contributed by atoms with Crippen LogP contribution in [0.2, 0.25) is 0 Å². The van der Waals surface area contributed by atoms with Gasteiger partial charge in [-0.15, -0.1) is 5.10 Å². The average Bonchev–Trinajstić information content (AvgIpc) is 2.73. The van der Waals surface area contributed by atoms with E-state index < -0.39 is 11.8 Å². The molecule has 0 unspecified atom stereocenters. The highest BCUT2D eigenvalue weighted by Crippen LogP contribution is 2.22. The molecule has 0 aliphatic heterocycles. The Morgan fingerprint density at radius 2 is 2.33 bits per heavy atom. The maximum Gasteiger partial charge on any atom is 0.336 e. The Morgan fingerprint density at radius 1 is 1.56 bits per heavy atom. The highest BCUT2D eigenvalue weighted by atomic mass is 32.2. The number of carbonyl (C=O) groups is 1. The molecule has 6 nitrogen and oxygen atoms in total. The van der Waals surface area contributed by atoms with Crippen LogP contribution in [0.15, 0.2) is 23.4 Å². The molecule has 0 saturated heterocycles. The number of hydrogen-bond donors (Lipinski definition) is 1. The summed E-state index contributed by atoms with van der Waals surface area (Å²) in [4.78, 5) is 11.0. The summed E-state index contributed by atoms with van der Waals surface area (Å²) >= 11 is 1.29. The zero-order valence-corrected chi connectivity index (χ0v) is 10.2. The van der Waals surface area contributed by atoms with Crippen molar-refractivity contribution in [3.05, 3.63) is 35.1 Å². The van der Waals surface area contributed by atoms with Crippen LogP contribution in [0.25, 0.3) is 0 Å². The summed E-state index contributed by atoms with van der Waals surface area (Å²) in [5, 5.41) is 20.4. The average molecular weight is 268 g/mol. The first-order valence-corrected chi connectivity index (χ1v) is 5.93. The molecule has 1 N–H and O–H groups in total. The maximum atomic E-state index is 13.0. The SMILES string of the molecule is Cn1nnnc1SCc1ccc(F)cc1C(=O)O. The van der Waals surface area contributed by atoms with Crippen molar-refractivity contribution in [2.45, 2.75) is 10.9 Å². The summed E-state index contributed by atoms with van der Waals surface area (Å²) in [5.41, 5.74) is 0.481. The molecule has 0 aliphatic rings. The zero-order valence-electron chi connectivity index (χ0n) is 9.37. The van der Waals surface area contributed by atoms with E-state index in [-0.39, 0.29) is 5.56 Å². The van der Waals surface area contributed by atoms with Gasteiger partial charge >= 0.3 is 5.97 Å². The van der Waals surface area contributed by atoms with Crippen molar-refractivity contribution in [3.63, 3.8) is 0 Å². The molecule has 0 saturated carbocycles. The molecule has 0 spiro atoms. The minimum absolute atomic E-state index is 0.0439. The van der Waals surface area contributed by atoms with Crippen molar-refractivity contribution in [1.82, 2.24) is 20.2 Å². The molecule has 0 amide bonds. The van der Waals surface area contributed by atoms with Gasteiger partial charge in [0.2, 0.25) is 5.16 Å². The second-order valence-corrected chi connectivity index (χ2v) is 4.42. The quantitative estimate of drug-likeness (QED) is 0.843. The molecular weight excluding hydrogens is 259 g/mol. The number of benzene rings is 1. The number of carboxylic acids is 1. The van der Waals surface area contributed by atoms with E-state index in [1.807, 2.05) is 0 Å². The highest BCUT2D eigenvalue weighted by molar-refractivity contribution is 7.98. The third-order valence-corrected chi connectivity index (χ3v) is 3.30. The molecule has 0 radical (unpaired) electrons. The van der Waals surface area contributed by atoms with Crippen LogP contribution in [-0.4, -0.2) is 31.3 Å². The zero-order chi connectivity index (χ0) is 13.1. The Balaban J connectivity index is 2.19. The van der Waals surface area contributed by atoms with Gasteiger partial charge in [0, 0.05) is 12.8 Å². The number of nitrogens with zero attached hydrogens (tertiary/aromatic N) is 4. The van der Waals surface area contributed by atoms with Gasteiger partial charge in [0.15, 0.2) is 0 Å². The lowest BCUT2D eigenvalue weighted by atomic mass is 10.1. The van der Waals surface area contributed by atoms with E-state index >= 15 is 0 Å². The van der Waals surface area contributed by atoms with Gasteiger partial charge in [0.1, 0.15) is 5.82 Å².